The zero-order valence-electron chi connectivity index (χ0n) is 15.7. The molecule has 1 saturated carbocycles. The highest BCUT2D eigenvalue weighted by Crippen LogP contribution is 2.28. The van der Waals surface area contributed by atoms with Crippen LogP contribution in [-0.4, -0.2) is 11.1 Å². The van der Waals surface area contributed by atoms with Crippen molar-refractivity contribution in [2.24, 2.45) is 5.92 Å². The summed E-state index contributed by atoms with van der Waals surface area (Å²) in [5.41, 5.74) is 0. The average molecular weight is 371 g/mol. The number of carboxylic acid groups (broad SMARTS) is 1. The van der Waals surface area contributed by atoms with Gasteiger partial charge in [0.2, 0.25) is 0 Å². The van der Waals surface area contributed by atoms with Gasteiger partial charge in [-0.2, -0.15) is 0 Å². The molecule has 0 amide bonds. The minimum absolute atomic E-state index is 0.282. The number of fused-ring (bicyclic) bond motifs is 1. The van der Waals surface area contributed by atoms with Crippen LogP contribution >= 0.6 is 11.3 Å². The molecule has 1 aromatic heterocycles. The molecule has 0 aliphatic heterocycles. The van der Waals surface area contributed by atoms with Gasteiger partial charge >= 0.3 is 5.97 Å². The summed E-state index contributed by atoms with van der Waals surface area (Å²) < 4.78 is 1.41. The van der Waals surface area contributed by atoms with Gasteiger partial charge in [0.25, 0.3) is 0 Å². The molecule has 1 aliphatic carbocycles. The lowest BCUT2D eigenvalue weighted by Gasteiger charge is -1.98. The van der Waals surface area contributed by atoms with Gasteiger partial charge in [-0.05, 0) is 62.5 Å². The van der Waals surface area contributed by atoms with Crippen molar-refractivity contribution in [1.29, 1.82) is 0 Å². The first-order chi connectivity index (χ1) is 12.7. The highest BCUT2D eigenvalue weighted by Gasteiger charge is 2.10. The monoisotopic (exact) mass is 370 g/mol. The van der Waals surface area contributed by atoms with Crippen molar-refractivity contribution < 1.29 is 9.90 Å². The number of thiophene rings is 1. The first-order valence-corrected chi connectivity index (χ1v) is 10.5. The van der Waals surface area contributed by atoms with Crippen molar-refractivity contribution in [3.8, 4) is 0 Å². The maximum absolute atomic E-state index is 9.94. The van der Waals surface area contributed by atoms with E-state index < -0.39 is 5.97 Å². The third-order valence-corrected chi connectivity index (χ3v) is 5.74. The second kappa shape index (κ2) is 11.7. The molecule has 0 atom stereocenters. The molecule has 26 heavy (non-hydrogen) atoms. The van der Waals surface area contributed by atoms with Crippen LogP contribution in [0.2, 0.25) is 0 Å². The molecule has 0 bridgehead atoms. The van der Waals surface area contributed by atoms with E-state index in [0.717, 1.165) is 25.2 Å². The lowest BCUT2D eigenvalue weighted by atomic mass is 10.1. The topological polar surface area (TPSA) is 37.3 Å². The van der Waals surface area contributed by atoms with Crippen molar-refractivity contribution in [1.82, 2.24) is 0 Å². The number of benzene rings is 1. The van der Waals surface area contributed by atoms with Crippen LogP contribution < -0.4 is 0 Å². The summed E-state index contributed by atoms with van der Waals surface area (Å²) >= 11 is 1.93. The Morgan fingerprint density at radius 1 is 1.23 bits per heavy atom. The van der Waals surface area contributed by atoms with E-state index in [-0.39, 0.29) is 6.42 Å². The average Bonchev–Trinajstić information content (AvgIpc) is 3.28. The minimum atomic E-state index is -0.709. The van der Waals surface area contributed by atoms with Crippen LogP contribution in [0.15, 0.2) is 54.6 Å². The molecule has 1 N–H and O–H groups in total. The number of hydrogen-bond donors (Lipinski definition) is 1. The van der Waals surface area contributed by atoms with Gasteiger partial charge in [0.15, 0.2) is 0 Å². The quantitative estimate of drug-likeness (QED) is 0.420. The largest absolute Gasteiger partial charge is 0.481 e. The van der Waals surface area contributed by atoms with Crippen LogP contribution in [0.25, 0.3) is 10.1 Å². The predicted octanol–water partition coefficient (Wildman–Crippen LogP) is 7.01. The smallest absolute Gasteiger partial charge is 0.303 e. The Kier molecular flexibility index (Phi) is 9.19. The minimum Gasteiger partial charge on any atom is -0.481 e. The molecule has 1 aromatic carbocycles. The van der Waals surface area contributed by atoms with E-state index in [0.29, 0.717) is 0 Å². The standard InChI is InChI=1S/C16H18S.C7H12O2/c1-2-7-13(6-1)8-5-10-15-12-14-9-3-4-11-16(14)17-15;1-2-3-4-5-6-7(8)9/h3-5,8-9,11-13H,1-2,6-7,10H2;2-3H,4-6H2,1H3,(H,8,9)/b8-5+;3-2-. The summed E-state index contributed by atoms with van der Waals surface area (Å²) in [6.07, 6.45) is 17.4. The first kappa shape index (κ1) is 20.4. The molecule has 1 fully saturated rings. The van der Waals surface area contributed by atoms with Gasteiger partial charge in [0, 0.05) is 16.0 Å². The first-order valence-electron chi connectivity index (χ1n) is 9.66. The van der Waals surface area contributed by atoms with E-state index in [1.807, 2.05) is 30.4 Å². The Bertz CT molecular complexity index is 688. The van der Waals surface area contributed by atoms with Gasteiger partial charge in [-0.15, -0.1) is 11.3 Å². The normalized spacial score (nSPS) is 15.0. The van der Waals surface area contributed by atoms with Crippen molar-refractivity contribution in [2.75, 3.05) is 0 Å². The summed E-state index contributed by atoms with van der Waals surface area (Å²) in [5, 5.41) is 9.58. The molecule has 0 saturated heterocycles. The molecule has 2 aromatic rings. The fourth-order valence-corrected chi connectivity index (χ4v) is 4.24. The van der Waals surface area contributed by atoms with Crippen molar-refractivity contribution in [3.05, 3.63) is 59.5 Å². The second-order valence-electron chi connectivity index (χ2n) is 6.78. The Morgan fingerprint density at radius 2 is 2.00 bits per heavy atom. The van der Waals surface area contributed by atoms with E-state index in [4.69, 9.17) is 5.11 Å². The van der Waals surface area contributed by atoms with Crippen LogP contribution in [-0.2, 0) is 11.2 Å². The van der Waals surface area contributed by atoms with Crippen molar-refractivity contribution >= 4 is 27.4 Å². The molecule has 140 valence electrons. The lowest BCUT2D eigenvalue weighted by Crippen LogP contribution is -1.92. The number of carbonyl (C=O) groups is 1. The summed E-state index contributed by atoms with van der Waals surface area (Å²) in [6.45, 7) is 1.93. The van der Waals surface area contributed by atoms with Crippen LogP contribution in [0.1, 0.15) is 56.7 Å². The highest BCUT2D eigenvalue weighted by atomic mass is 32.1. The third kappa shape index (κ3) is 7.57. The Labute approximate surface area is 161 Å². The van der Waals surface area contributed by atoms with E-state index in [1.54, 1.807) is 0 Å². The summed E-state index contributed by atoms with van der Waals surface area (Å²) in [5.74, 6) is 0.156. The molecule has 0 spiro atoms. The van der Waals surface area contributed by atoms with Crippen molar-refractivity contribution in [2.45, 2.75) is 58.3 Å². The SMILES string of the molecule is C(=C\C1CCCC1)/Cc1cc2ccccc2s1.C/C=C\CCCC(=O)O. The summed E-state index contributed by atoms with van der Waals surface area (Å²) in [6, 6.07) is 11.0. The van der Waals surface area contributed by atoms with Gasteiger partial charge in [-0.3, -0.25) is 4.79 Å². The Balaban J connectivity index is 0.000000232. The van der Waals surface area contributed by atoms with Crippen LogP contribution in [0.4, 0.5) is 0 Å². The van der Waals surface area contributed by atoms with E-state index in [9.17, 15) is 4.79 Å². The maximum Gasteiger partial charge on any atom is 0.303 e. The Morgan fingerprint density at radius 3 is 2.69 bits per heavy atom. The van der Waals surface area contributed by atoms with Gasteiger partial charge in [-0.1, -0.05) is 55.3 Å². The van der Waals surface area contributed by atoms with Gasteiger partial charge in [0.1, 0.15) is 0 Å². The molecule has 2 nitrogen and oxygen atoms in total. The molecule has 3 rings (SSSR count). The second-order valence-corrected chi connectivity index (χ2v) is 7.95. The zero-order chi connectivity index (χ0) is 18.6. The predicted molar refractivity (Wildman–Crippen MR) is 113 cm³/mol. The molecule has 1 heterocycles. The summed E-state index contributed by atoms with van der Waals surface area (Å²) in [4.78, 5) is 11.4. The van der Waals surface area contributed by atoms with E-state index >= 15 is 0 Å². The number of aliphatic carboxylic acids is 1. The van der Waals surface area contributed by atoms with Crippen LogP contribution in [0.5, 0.6) is 0 Å². The number of unbranched alkanes of at least 4 members (excludes halogenated alkanes) is 1. The Hall–Kier alpha value is -1.87. The fourth-order valence-electron chi connectivity index (χ4n) is 3.20. The fraction of sp³-hybridized carbons (Fsp3) is 0.435. The molecule has 0 unspecified atom stereocenters. The van der Waals surface area contributed by atoms with Gasteiger partial charge in [-0.25, -0.2) is 0 Å². The molecular weight excluding hydrogens is 340 g/mol. The van der Waals surface area contributed by atoms with Gasteiger partial charge in [0.05, 0.1) is 0 Å². The zero-order valence-corrected chi connectivity index (χ0v) is 16.5. The molecular formula is C23H30O2S. The van der Waals surface area contributed by atoms with Crippen LogP contribution in [0, 0.1) is 5.92 Å². The lowest BCUT2D eigenvalue weighted by molar-refractivity contribution is -0.137. The maximum atomic E-state index is 9.94. The highest BCUT2D eigenvalue weighted by molar-refractivity contribution is 7.19. The van der Waals surface area contributed by atoms with Crippen LogP contribution in [0.3, 0.4) is 0 Å². The van der Waals surface area contributed by atoms with E-state index in [2.05, 4.69) is 42.5 Å². The molecule has 0 radical (unpaired) electrons. The molecule has 1 aliphatic rings. The molecule has 3 heteroatoms. The number of allylic oxidation sites excluding steroid dienone is 4. The number of carboxylic acids is 1. The van der Waals surface area contributed by atoms with Crippen molar-refractivity contribution in [3.63, 3.8) is 0 Å². The van der Waals surface area contributed by atoms with E-state index in [1.165, 1.54) is 40.6 Å². The number of rotatable bonds is 7. The third-order valence-electron chi connectivity index (χ3n) is 4.60. The summed E-state index contributed by atoms with van der Waals surface area (Å²) in [7, 11) is 0. The van der Waals surface area contributed by atoms with Gasteiger partial charge < -0.3 is 5.11 Å². The number of hydrogen-bond acceptors (Lipinski definition) is 2.